The van der Waals surface area contributed by atoms with Gasteiger partial charge in [-0.25, -0.2) is 8.42 Å². The maximum absolute atomic E-state index is 12.9. The van der Waals surface area contributed by atoms with Crippen molar-refractivity contribution >= 4 is 38.9 Å². The Morgan fingerprint density at radius 3 is 2.07 bits per heavy atom. The van der Waals surface area contributed by atoms with Crippen LogP contribution in [0.25, 0.3) is 0 Å². The van der Waals surface area contributed by atoms with Gasteiger partial charge in [-0.2, -0.15) is 0 Å². The Labute approximate surface area is 175 Å². The van der Waals surface area contributed by atoms with Crippen LogP contribution in [0.4, 0.5) is 11.4 Å². The van der Waals surface area contributed by atoms with Crippen molar-refractivity contribution in [2.75, 3.05) is 10.0 Å². The smallest absolute Gasteiger partial charge is 0.262 e. The van der Waals surface area contributed by atoms with E-state index in [4.69, 9.17) is 11.6 Å². The quantitative estimate of drug-likeness (QED) is 0.577. The molecule has 0 atom stereocenters. The van der Waals surface area contributed by atoms with Gasteiger partial charge in [-0.15, -0.1) is 0 Å². The normalized spacial score (nSPS) is 11.2. The maximum Gasteiger partial charge on any atom is 0.262 e. The topological polar surface area (TPSA) is 75.3 Å². The van der Waals surface area contributed by atoms with Gasteiger partial charge in [0.25, 0.3) is 15.9 Å². The third kappa shape index (κ3) is 4.96. The summed E-state index contributed by atoms with van der Waals surface area (Å²) in [5, 5.41) is 3.29. The van der Waals surface area contributed by atoms with Gasteiger partial charge in [0.1, 0.15) is 0 Å². The lowest BCUT2D eigenvalue weighted by atomic mass is 10.1. The molecule has 0 spiro atoms. The molecule has 0 saturated heterocycles. The zero-order chi connectivity index (χ0) is 21.2. The first-order valence-electron chi connectivity index (χ1n) is 8.93. The number of nitrogens with one attached hydrogen (secondary N) is 2. The number of sulfonamides is 1. The van der Waals surface area contributed by atoms with Crippen LogP contribution in [0.1, 0.15) is 27.0 Å². The van der Waals surface area contributed by atoms with Crippen LogP contribution in [0.2, 0.25) is 5.02 Å². The van der Waals surface area contributed by atoms with Crippen molar-refractivity contribution in [3.05, 3.63) is 87.9 Å². The van der Waals surface area contributed by atoms with E-state index in [0.29, 0.717) is 22.0 Å². The number of hydrogen-bond donors (Lipinski definition) is 2. The number of amides is 1. The van der Waals surface area contributed by atoms with Crippen molar-refractivity contribution in [1.82, 2.24) is 0 Å². The maximum atomic E-state index is 12.9. The number of halogens is 1. The molecule has 7 heteroatoms. The highest BCUT2D eigenvalue weighted by Crippen LogP contribution is 2.23. The fourth-order valence-corrected chi connectivity index (χ4v) is 4.23. The van der Waals surface area contributed by atoms with E-state index < -0.39 is 15.9 Å². The molecule has 0 radical (unpaired) electrons. The lowest BCUT2D eigenvalue weighted by Crippen LogP contribution is -2.17. The fourth-order valence-electron chi connectivity index (χ4n) is 2.78. The zero-order valence-electron chi connectivity index (χ0n) is 16.3. The van der Waals surface area contributed by atoms with Crippen LogP contribution < -0.4 is 10.0 Å². The molecule has 0 aliphatic heterocycles. The van der Waals surface area contributed by atoms with E-state index in [1.165, 1.54) is 6.07 Å². The summed E-state index contributed by atoms with van der Waals surface area (Å²) in [6.45, 7) is 5.57. The molecule has 29 heavy (non-hydrogen) atoms. The number of rotatable bonds is 5. The molecule has 0 aromatic heterocycles. The van der Waals surface area contributed by atoms with E-state index in [2.05, 4.69) is 10.0 Å². The van der Waals surface area contributed by atoms with Crippen molar-refractivity contribution in [2.24, 2.45) is 0 Å². The Hall–Kier alpha value is -2.83. The molecule has 0 heterocycles. The summed E-state index contributed by atoms with van der Waals surface area (Å²) in [6.07, 6.45) is 0. The Balaban J connectivity index is 1.88. The first-order chi connectivity index (χ1) is 13.7. The highest BCUT2D eigenvalue weighted by Gasteiger charge is 2.20. The number of carbonyl (C=O) groups excluding carboxylic acids is 1. The van der Waals surface area contributed by atoms with Crippen LogP contribution in [0.15, 0.2) is 65.6 Å². The minimum absolute atomic E-state index is 0.0551. The van der Waals surface area contributed by atoms with Crippen LogP contribution in [0.3, 0.4) is 0 Å². The molecule has 5 nitrogen and oxygen atoms in total. The van der Waals surface area contributed by atoms with Crippen LogP contribution >= 0.6 is 11.6 Å². The highest BCUT2D eigenvalue weighted by atomic mass is 35.5. The molecule has 0 bridgehead atoms. The minimum Gasteiger partial charge on any atom is -0.322 e. The van der Waals surface area contributed by atoms with E-state index >= 15 is 0 Å². The third-order valence-corrected chi connectivity index (χ3v) is 6.38. The first-order valence-corrected chi connectivity index (χ1v) is 10.8. The summed E-state index contributed by atoms with van der Waals surface area (Å²) in [5.41, 5.74) is 3.89. The lowest BCUT2D eigenvalue weighted by Gasteiger charge is -2.13. The van der Waals surface area contributed by atoms with Crippen molar-refractivity contribution < 1.29 is 13.2 Å². The second-order valence-corrected chi connectivity index (χ2v) is 8.93. The molecule has 0 aliphatic rings. The SMILES string of the molecule is Cc1ccc(NS(=O)(=O)c2cc(C(=O)Nc3ccc(Cl)cc3)ccc2C)cc1C. The molecule has 0 aliphatic carbocycles. The van der Waals surface area contributed by atoms with Crippen LogP contribution in [0.5, 0.6) is 0 Å². The predicted octanol–water partition coefficient (Wildman–Crippen LogP) is 5.32. The highest BCUT2D eigenvalue weighted by molar-refractivity contribution is 7.92. The van der Waals surface area contributed by atoms with Crippen molar-refractivity contribution in [1.29, 1.82) is 0 Å². The monoisotopic (exact) mass is 428 g/mol. The average Bonchev–Trinajstić information content (AvgIpc) is 2.66. The van der Waals surface area contributed by atoms with Gasteiger partial charge in [-0.05, 0) is 86.0 Å². The van der Waals surface area contributed by atoms with E-state index in [1.807, 2.05) is 19.9 Å². The van der Waals surface area contributed by atoms with E-state index in [1.54, 1.807) is 55.5 Å². The average molecular weight is 429 g/mol. The van der Waals surface area contributed by atoms with Gasteiger partial charge in [-0.1, -0.05) is 23.7 Å². The molecule has 0 fully saturated rings. The summed E-state index contributed by atoms with van der Waals surface area (Å²) >= 11 is 5.85. The number of hydrogen-bond acceptors (Lipinski definition) is 3. The van der Waals surface area contributed by atoms with Gasteiger partial charge in [-0.3, -0.25) is 9.52 Å². The standard InChI is InChI=1S/C22H21ClN2O3S/c1-14-5-9-20(12-16(14)3)25-29(27,28)21-13-17(6-4-15(21)2)22(26)24-19-10-7-18(23)8-11-19/h4-13,25H,1-3H3,(H,24,26). The summed E-state index contributed by atoms with van der Waals surface area (Å²) in [4.78, 5) is 12.6. The summed E-state index contributed by atoms with van der Waals surface area (Å²) in [7, 11) is -3.86. The van der Waals surface area contributed by atoms with E-state index in [-0.39, 0.29) is 10.5 Å². The molecular weight excluding hydrogens is 408 g/mol. The fraction of sp³-hybridized carbons (Fsp3) is 0.136. The van der Waals surface area contributed by atoms with Crippen molar-refractivity contribution in [3.8, 4) is 0 Å². The Bertz CT molecular complexity index is 1170. The molecule has 3 aromatic rings. The lowest BCUT2D eigenvalue weighted by molar-refractivity contribution is 0.102. The Morgan fingerprint density at radius 1 is 0.793 bits per heavy atom. The van der Waals surface area contributed by atoms with Gasteiger partial charge in [0.15, 0.2) is 0 Å². The van der Waals surface area contributed by atoms with E-state index in [0.717, 1.165) is 11.1 Å². The molecular formula is C22H21ClN2O3S. The van der Waals surface area contributed by atoms with Gasteiger partial charge < -0.3 is 5.32 Å². The number of carbonyl (C=O) groups is 1. The number of aryl methyl sites for hydroxylation is 3. The van der Waals surface area contributed by atoms with Crippen LogP contribution in [-0.4, -0.2) is 14.3 Å². The third-order valence-electron chi connectivity index (χ3n) is 4.60. The predicted molar refractivity (Wildman–Crippen MR) is 117 cm³/mol. The van der Waals surface area contributed by atoms with Gasteiger partial charge >= 0.3 is 0 Å². The minimum atomic E-state index is -3.86. The van der Waals surface area contributed by atoms with E-state index in [9.17, 15) is 13.2 Å². The number of anilines is 2. The molecule has 1 amide bonds. The van der Waals surface area contributed by atoms with Crippen LogP contribution in [-0.2, 0) is 10.0 Å². The van der Waals surface area contributed by atoms with Crippen LogP contribution in [0, 0.1) is 20.8 Å². The first kappa shape index (κ1) is 20.9. The van der Waals surface area contributed by atoms with Gasteiger partial charge in [0, 0.05) is 22.0 Å². The number of benzene rings is 3. The molecule has 150 valence electrons. The summed E-state index contributed by atoms with van der Waals surface area (Å²) in [5.74, 6) is -0.407. The molecule has 0 saturated carbocycles. The molecule has 3 rings (SSSR count). The van der Waals surface area contributed by atoms with Gasteiger partial charge in [0.2, 0.25) is 0 Å². The molecule has 2 N–H and O–H groups in total. The van der Waals surface area contributed by atoms with Gasteiger partial charge in [0.05, 0.1) is 4.90 Å². The molecule has 3 aromatic carbocycles. The largest absolute Gasteiger partial charge is 0.322 e. The Morgan fingerprint density at radius 2 is 1.41 bits per heavy atom. The molecule has 0 unspecified atom stereocenters. The summed E-state index contributed by atoms with van der Waals surface area (Å²) < 4.78 is 28.5. The zero-order valence-corrected chi connectivity index (χ0v) is 17.9. The Kier molecular flexibility index (Phi) is 5.96. The second-order valence-electron chi connectivity index (χ2n) is 6.85. The van der Waals surface area contributed by atoms with Crippen molar-refractivity contribution in [3.63, 3.8) is 0 Å². The summed E-state index contributed by atoms with van der Waals surface area (Å²) in [6, 6.07) is 16.6. The second kappa shape index (κ2) is 8.27. The van der Waals surface area contributed by atoms with Crippen molar-refractivity contribution in [2.45, 2.75) is 25.7 Å².